The van der Waals surface area contributed by atoms with Crippen molar-refractivity contribution >= 4 is 11.7 Å². The summed E-state index contributed by atoms with van der Waals surface area (Å²) in [7, 11) is 1.35. The summed E-state index contributed by atoms with van der Waals surface area (Å²) in [6.07, 6.45) is 0.726. The average molecular weight is 400 g/mol. The molecule has 2 atom stereocenters. The van der Waals surface area contributed by atoms with Crippen LogP contribution in [0.4, 0.5) is 18.9 Å². The first kappa shape index (κ1) is 22.5. The normalized spacial score (nSPS) is 18.1. The van der Waals surface area contributed by atoms with Gasteiger partial charge >= 0.3 is 12.1 Å². The number of aryl methyl sites for hydroxylation is 1. The second kappa shape index (κ2) is 10.7. The van der Waals surface area contributed by atoms with Gasteiger partial charge in [0.05, 0.1) is 18.6 Å². The fourth-order valence-corrected chi connectivity index (χ4v) is 3.71. The van der Waals surface area contributed by atoms with Crippen molar-refractivity contribution < 1.29 is 22.7 Å². The van der Waals surface area contributed by atoms with Crippen molar-refractivity contribution in [3.8, 4) is 0 Å². The quantitative estimate of drug-likeness (QED) is 0.562. The molecule has 1 aliphatic heterocycles. The molecule has 0 saturated carbocycles. The Morgan fingerprint density at radius 2 is 2.18 bits per heavy atom. The van der Waals surface area contributed by atoms with E-state index in [1.807, 2.05) is 6.92 Å². The lowest BCUT2D eigenvalue weighted by molar-refractivity contribution is -0.145. The van der Waals surface area contributed by atoms with Gasteiger partial charge in [-0.05, 0) is 75.2 Å². The molecule has 1 fully saturated rings. The highest BCUT2D eigenvalue weighted by atomic mass is 19.4. The van der Waals surface area contributed by atoms with Gasteiger partial charge in [0.2, 0.25) is 0 Å². The Labute approximate surface area is 165 Å². The van der Waals surface area contributed by atoms with E-state index in [-0.39, 0.29) is 11.9 Å². The molecule has 1 saturated heterocycles. The van der Waals surface area contributed by atoms with Crippen molar-refractivity contribution in [2.24, 2.45) is 11.8 Å². The summed E-state index contributed by atoms with van der Waals surface area (Å²) in [6, 6.07) is 3.92. The first-order valence-electron chi connectivity index (χ1n) is 10.1. The van der Waals surface area contributed by atoms with Gasteiger partial charge in [-0.1, -0.05) is 13.0 Å². The Balaban J connectivity index is 2.01. The third kappa shape index (κ3) is 6.69. The highest BCUT2D eigenvalue weighted by Gasteiger charge is 2.31. The van der Waals surface area contributed by atoms with E-state index in [1.54, 1.807) is 6.07 Å². The molecule has 28 heavy (non-hydrogen) atoms. The van der Waals surface area contributed by atoms with Crippen molar-refractivity contribution in [3.63, 3.8) is 0 Å². The number of benzene rings is 1. The monoisotopic (exact) mass is 400 g/mol. The molecule has 1 heterocycles. The second-order valence-electron chi connectivity index (χ2n) is 7.46. The Kier molecular flexibility index (Phi) is 8.60. The molecule has 0 spiro atoms. The number of carbonyl (C=O) groups is 1. The van der Waals surface area contributed by atoms with Crippen molar-refractivity contribution in [1.29, 1.82) is 0 Å². The maximum absolute atomic E-state index is 13.1. The van der Waals surface area contributed by atoms with Gasteiger partial charge in [-0.25, -0.2) is 0 Å². The Bertz CT molecular complexity index is 629. The molecule has 2 unspecified atom stereocenters. The van der Waals surface area contributed by atoms with Crippen LogP contribution in [0.15, 0.2) is 18.2 Å². The van der Waals surface area contributed by atoms with Crippen LogP contribution in [0.5, 0.6) is 0 Å². The lowest BCUT2D eigenvalue weighted by Gasteiger charge is -2.18. The number of rotatable bonds is 10. The summed E-state index contributed by atoms with van der Waals surface area (Å²) in [6.45, 7) is 4.41. The molecule has 2 N–H and O–H groups in total. The number of esters is 1. The van der Waals surface area contributed by atoms with Crippen molar-refractivity contribution in [3.05, 3.63) is 29.3 Å². The van der Waals surface area contributed by atoms with Crippen molar-refractivity contribution in [2.75, 3.05) is 32.1 Å². The smallest absolute Gasteiger partial charge is 0.416 e. The van der Waals surface area contributed by atoms with Gasteiger partial charge in [0.25, 0.3) is 0 Å². The number of halogens is 3. The Morgan fingerprint density at radius 1 is 1.39 bits per heavy atom. The van der Waals surface area contributed by atoms with Crippen LogP contribution >= 0.6 is 0 Å². The number of ether oxygens (including phenoxy) is 1. The Hall–Kier alpha value is -1.76. The van der Waals surface area contributed by atoms with E-state index in [4.69, 9.17) is 4.74 Å². The maximum Gasteiger partial charge on any atom is 0.416 e. The molecule has 0 bridgehead atoms. The summed E-state index contributed by atoms with van der Waals surface area (Å²) < 4.78 is 44.1. The fourth-order valence-electron chi connectivity index (χ4n) is 3.71. The third-order valence-corrected chi connectivity index (χ3v) is 5.49. The zero-order valence-electron chi connectivity index (χ0n) is 16.7. The van der Waals surface area contributed by atoms with E-state index in [9.17, 15) is 18.0 Å². The first-order chi connectivity index (χ1) is 13.3. The highest BCUT2D eigenvalue weighted by Crippen LogP contribution is 2.33. The van der Waals surface area contributed by atoms with E-state index in [0.717, 1.165) is 44.0 Å². The lowest BCUT2D eigenvalue weighted by Crippen LogP contribution is -2.19. The van der Waals surface area contributed by atoms with Gasteiger partial charge in [0, 0.05) is 12.2 Å². The first-order valence-corrected chi connectivity index (χ1v) is 10.1. The van der Waals surface area contributed by atoms with Gasteiger partial charge in [0.15, 0.2) is 0 Å². The number of hydrogen-bond acceptors (Lipinski definition) is 4. The largest absolute Gasteiger partial charge is 0.469 e. The van der Waals surface area contributed by atoms with E-state index < -0.39 is 11.7 Å². The molecule has 0 amide bonds. The van der Waals surface area contributed by atoms with Gasteiger partial charge in [-0.15, -0.1) is 0 Å². The number of methoxy groups -OCH3 is 1. The SMILES string of the molecule is CCC(CCNc1cc(C(F)(F)F)ccc1CCCC1CCNC1)C(=O)OC. The van der Waals surface area contributed by atoms with Crippen LogP contribution in [0.2, 0.25) is 0 Å². The topological polar surface area (TPSA) is 50.4 Å². The van der Waals surface area contributed by atoms with Crippen LogP contribution in [0.3, 0.4) is 0 Å². The van der Waals surface area contributed by atoms with Crippen molar-refractivity contribution in [2.45, 2.75) is 51.6 Å². The van der Waals surface area contributed by atoms with E-state index >= 15 is 0 Å². The number of nitrogens with one attached hydrogen (secondary N) is 2. The molecule has 0 radical (unpaired) electrons. The zero-order valence-corrected chi connectivity index (χ0v) is 16.7. The maximum atomic E-state index is 13.1. The van der Waals surface area contributed by atoms with E-state index in [2.05, 4.69) is 10.6 Å². The van der Waals surface area contributed by atoms with E-state index in [0.29, 0.717) is 31.0 Å². The van der Waals surface area contributed by atoms with Gasteiger partial charge < -0.3 is 15.4 Å². The lowest BCUT2D eigenvalue weighted by atomic mass is 9.97. The summed E-state index contributed by atoms with van der Waals surface area (Å²) >= 11 is 0. The predicted octanol–water partition coefficient (Wildman–Crippen LogP) is 4.64. The third-order valence-electron chi connectivity index (χ3n) is 5.49. The average Bonchev–Trinajstić information content (AvgIpc) is 3.18. The van der Waals surface area contributed by atoms with Crippen LogP contribution in [0.25, 0.3) is 0 Å². The van der Waals surface area contributed by atoms with Crippen LogP contribution < -0.4 is 10.6 Å². The van der Waals surface area contributed by atoms with Crippen LogP contribution in [0.1, 0.15) is 50.2 Å². The molecule has 1 aromatic rings. The molecular formula is C21H31F3N2O2. The van der Waals surface area contributed by atoms with Gasteiger partial charge in [-0.2, -0.15) is 13.2 Å². The van der Waals surface area contributed by atoms with Crippen molar-refractivity contribution in [1.82, 2.24) is 5.32 Å². The number of anilines is 1. The molecule has 1 aromatic carbocycles. The number of carbonyl (C=O) groups excluding carboxylic acids is 1. The minimum Gasteiger partial charge on any atom is -0.469 e. The molecule has 4 nitrogen and oxygen atoms in total. The minimum absolute atomic E-state index is 0.249. The van der Waals surface area contributed by atoms with Crippen LogP contribution in [0, 0.1) is 11.8 Å². The Morgan fingerprint density at radius 3 is 2.79 bits per heavy atom. The van der Waals surface area contributed by atoms with Gasteiger partial charge in [0.1, 0.15) is 0 Å². The molecule has 0 aromatic heterocycles. The molecule has 7 heteroatoms. The number of alkyl halides is 3. The molecule has 1 aliphatic rings. The second-order valence-corrected chi connectivity index (χ2v) is 7.46. The standard InChI is InChI=1S/C21H31F3N2O2/c1-3-16(20(27)28-2)10-12-26-19-13-18(21(22,23)24)8-7-17(19)6-4-5-15-9-11-25-14-15/h7-8,13,15-16,25-26H,3-6,9-12,14H2,1-2H3. The van der Waals surface area contributed by atoms with Gasteiger partial charge in [-0.3, -0.25) is 4.79 Å². The van der Waals surface area contributed by atoms with Crippen LogP contribution in [-0.2, 0) is 22.1 Å². The summed E-state index contributed by atoms with van der Waals surface area (Å²) in [5.41, 5.74) is 0.753. The number of hydrogen-bond donors (Lipinski definition) is 2. The zero-order chi connectivity index (χ0) is 20.6. The molecule has 2 rings (SSSR count). The molecule has 158 valence electrons. The summed E-state index contributed by atoms with van der Waals surface area (Å²) in [5, 5.41) is 6.47. The molecule has 0 aliphatic carbocycles. The van der Waals surface area contributed by atoms with E-state index in [1.165, 1.54) is 19.6 Å². The summed E-state index contributed by atoms with van der Waals surface area (Å²) in [4.78, 5) is 11.7. The summed E-state index contributed by atoms with van der Waals surface area (Å²) in [5.74, 6) is 0.136. The fraction of sp³-hybridized carbons (Fsp3) is 0.667. The predicted molar refractivity (Wildman–Crippen MR) is 104 cm³/mol. The molecular weight excluding hydrogens is 369 g/mol. The minimum atomic E-state index is -4.37. The van der Waals surface area contributed by atoms with Crippen LogP contribution in [-0.4, -0.2) is 32.7 Å². The highest BCUT2D eigenvalue weighted by molar-refractivity contribution is 5.72.